The van der Waals surface area contributed by atoms with Crippen molar-refractivity contribution in [3.63, 3.8) is 0 Å². The quantitative estimate of drug-likeness (QED) is 0.0685. The lowest BCUT2D eigenvalue weighted by molar-refractivity contribution is -0.369. The summed E-state index contributed by atoms with van der Waals surface area (Å²) in [7, 11) is 0. The van der Waals surface area contributed by atoms with Gasteiger partial charge in [-0.3, -0.25) is 0 Å². The van der Waals surface area contributed by atoms with Crippen LogP contribution in [0.25, 0.3) is 0 Å². The van der Waals surface area contributed by atoms with Gasteiger partial charge in [-0.05, 0) is 0 Å². The SMILES string of the molecule is OC[C@H]1O[C@H](O[C@@H]2[C@@H](OC[C@H]3O[C@@H](O[C@@H]4[C@@H](OC[C@H]5O[C@H](OC[C@H]6OC(O)[C@@H](O)[C@@H]6O)[C@@H](O)[C@@H]5O)O[C@H](CO)[C@H]4O)[C@@H](O)[C@@H]3O)O[C@H](CO)[C@@H](O)[C@@H]2O)[C@@H](O)[C@@H](O)[C@@H]1O. The molecule has 6 rings (SSSR count). The van der Waals surface area contributed by atoms with Gasteiger partial charge < -0.3 is 134 Å². The molecule has 16 N–H and O–H groups in total. The molecule has 6 aliphatic rings. The number of hydrogen-bond acceptors (Lipinski definition) is 27. The molecule has 0 radical (unpaired) electrons. The fourth-order valence-electron chi connectivity index (χ4n) is 7.35. The minimum absolute atomic E-state index is 0.469. The Labute approximate surface area is 333 Å². The van der Waals surface area contributed by atoms with Gasteiger partial charge in [0.25, 0.3) is 0 Å². The van der Waals surface area contributed by atoms with Crippen molar-refractivity contribution in [2.75, 3.05) is 39.6 Å². The minimum atomic E-state index is -1.94. The molecular formula is C32H54O27. The average molecular weight is 871 g/mol. The lowest BCUT2D eigenvalue weighted by atomic mass is 9.97. The van der Waals surface area contributed by atoms with Crippen LogP contribution in [0.4, 0.5) is 0 Å². The standard InChI is InChI=1S/C32H54O27/c33-1-7-13(36)19(42)24(47)30(53-7)59-26-20(43)14(37)8(2-34)54-32(26)51-6-12-17(40)23(46)29(57-12)58-25-18(41)9(3-35)55-31(25)50-5-11-16(39)22(45)28(56-11)49-4-10-15(38)21(44)27(48)52-10/h7-48H,1-6H2/t7-,8-,9-,10-,11-,12-,13-,14-,15-,16-,17-,18-,19+,20+,21+,22+,23+,24+,25+,26+,27?,28+,29+,30-,31+,32+/m1/s1. The molecule has 6 heterocycles. The van der Waals surface area contributed by atoms with E-state index in [1.54, 1.807) is 0 Å². The van der Waals surface area contributed by atoms with E-state index in [0.717, 1.165) is 0 Å². The number of rotatable bonds is 16. The van der Waals surface area contributed by atoms with Gasteiger partial charge >= 0.3 is 0 Å². The van der Waals surface area contributed by atoms with Gasteiger partial charge in [0.15, 0.2) is 37.7 Å². The summed E-state index contributed by atoms with van der Waals surface area (Å²) in [4.78, 5) is 0. The Morgan fingerprint density at radius 2 is 0.610 bits per heavy atom. The van der Waals surface area contributed by atoms with Crippen LogP contribution in [0.1, 0.15) is 0 Å². The third-order valence-corrected chi connectivity index (χ3v) is 11.0. The highest BCUT2D eigenvalue weighted by Crippen LogP contribution is 2.34. The lowest BCUT2D eigenvalue weighted by Gasteiger charge is -2.46. The van der Waals surface area contributed by atoms with Crippen molar-refractivity contribution >= 4 is 0 Å². The molecule has 0 saturated carbocycles. The van der Waals surface area contributed by atoms with E-state index in [1.165, 1.54) is 0 Å². The van der Waals surface area contributed by atoms with Crippen LogP contribution in [0.2, 0.25) is 0 Å². The van der Waals surface area contributed by atoms with E-state index in [4.69, 9.17) is 52.1 Å². The summed E-state index contributed by atoms with van der Waals surface area (Å²) in [6.07, 6.45) is -42.3. The zero-order valence-corrected chi connectivity index (χ0v) is 30.9. The Morgan fingerprint density at radius 1 is 0.288 bits per heavy atom. The van der Waals surface area contributed by atoms with Crippen molar-refractivity contribution in [1.82, 2.24) is 0 Å². The number of hydrogen-bond donors (Lipinski definition) is 16. The van der Waals surface area contributed by atoms with Gasteiger partial charge in [0.05, 0.1) is 39.6 Å². The highest BCUT2D eigenvalue weighted by Gasteiger charge is 2.55. The molecule has 0 aromatic carbocycles. The first kappa shape index (κ1) is 47.4. The van der Waals surface area contributed by atoms with Crippen LogP contribution in [-0.2, 0) is 52.1 Å². The predicted molar refractivity (Wildman–Crippen MR) is 175 cm³/mol. The molecule has 0 spiro atoms. The molecule has 6 saturated heterocycles. The number of aliphatic hydroxyl groups is 16. The van der Waals surface area contributed by atoms with Gasteiger partial charge in [-0.1, -0.05) is 0 Å². The second kappa shape index (κ2) is 20.2. The van der Waals surface area contributed by atoms with Gasteiger partial charge in [-0.2, -0.15) is 0 Å². The fourth-order valence-corrected chi connectivity index (χ4v) is 7.35. The third-order valence-electron chi connectivity index (χ3n) is 11.0. The number of aliphatic hydroxyl groups excluding tert-OH is 16. The molecule has 0 amide bonds. The van der Waals surface area contributed by atoms with Crippen LogP contribution in [0.15, 0.2) is 0 Å². The highest BCUT2D eigenvalue weighted by atomic mass is 16.8. The zero-order chi connectivity index (χ0) is 43.0. The predicted octanol–water partition coefficient (Wildman–Crippen LogP) is -11.5. The van der Waals surface area contributed by atoms with Crippen LogP contribution in [0.5, 0.6) is 0 Å². The summed E-state index contributed by atoms with van der Waals surface area (Å²) in [5, 5.41) is 164. The Balaban J connectivity index is 1.05. The first-order valence-electron chi connectivity index (χ1n) is 18.8. The van der Waals surface area contributed by atoms with Crippen LogP contribution < -0.4 is 0 Å². The van der Waals surface area contributed by atoms with E-state index in [-0.39, 0.29) is 0 Å². The van der Waals surface area contributed by atoms with Gasteiger partial charge in [0, 0.05) is 0 Å². The molecule has 59 heavy (non-hydrogen) atoms. The van der Waals surface area contributed by atoms with Crippen molar-refractivity contribution in [2.24, 2.45) is 0 Å². The van der Waals surface area contributed by atoms with E-state index in [2.05, 4.69) is 0 Å². The molecule has 1 unspecified atom stereocenters. The average Bonchev–Trinajstić information content (AvgIpc) is 3.86. The van der Waals surface area contributed by atoms with Gasteiger partial charge in [0.1, 0.15) is 122 Å². The van der Waals surface area contributed by atoms with Crippen LogP contribution >= 0.6 is 0 Å². The molecule has 0 aromatic rings. The van der Waals surface area contributed by atoms with Gasteiger partial charge in [-0.25, -0.2) is 0 Å². The first-order valence-corrected chi connectivity index (χ1v) is 18.8. The lowest BCUT2D eigenvalue weighted by Crippen LogP contribution is -2.64. The van der Waals surface area contributed by atoms with Crippen LogP contribution in [-0.4, -0.2) is 281 Å². The minimum Gasteiger partial charge on any atom is -0.394 e. The normalized spacial score (nSPS) is 53.1. The highest BCUT2D eigenvalue weighted by molar-refractivity contribution is 4.96. The first-order chi connectivity index (χ1) is 28.0. The Kier molecular flexibility index (Phi) is 16.2. The Bertz CT molecular complexity index is 1300. The maximum atomic E-state index is 10.9. The summed E-state index contributed by atoms with van der Waals surface area (Å²) in [5.74, 6) is 0. The molecule has 27 nitrogen and oxygen atoms in total. The maximum absolute atomic E-state index is 10.9. The molecule has 6 fully saturated rings. The van der Waals surface area contributed by atoms with E-state index < -0.39 is 199 Å². The maximum Gasteiger partial charge on any atom is 0.187 e. The van der Waals surface area contributed by atoms with Gasteiger partial charge in [-0.15, -0.1) is 0 Å². The topological polar surface area (TPSA) is 425 Å². The molecule has 344 valence electrons. The Morgan fingerprint density at radius 3 is 1.08 bits per heavy atom. The van der Waals surface area contributed by atoms with Crippen molar-refractivity contribution in [1.29, 1.82) is 0 Å². The van der Waals surface area contributed by atoms with Crippen LogP contribution in [0, 0.1) is 0 Å². The Hall–Kier alpha value is -1.08. The van der Waals surface area contributed by atoms with Crippen LogP contribution in [0.3, 0.4) is 0 Å². The monoisotopic (exact) mass is 870 g/mol. The second-order valence-corrected chi connectivity index (χ2v) is 14.9. The van der Waals surface area contributed by atoms with E-state index >= 15 is 0 Å². The molecule has 27 heteroatoms. The molecule has 26 atom stereocenters. The van der Waals surface area contributed by atoms with Crippen molar-refractivity contribution in [2.45, 2.75) is 160 Å². The second-order valence-electron chi connectivity index (χ2n) is 14.9. The summed E-state index contributed by atoms with van der Waals surface area (Å²) >= 11 is 0. The molecule has 0 bridgehead atoms. The zero-order valence-electron chi connectivity index (χ0n) is 30.9. The molecular weight excluding hydrogens is 816 g/mol. The number of ether oxygens (including phenoxy) is 11. The van der Waals surface area contributed by atoms with Crippen molar-refractivity contribution in [3.05, 3.63) is 0 Å². The van der Waals surface area contributed by atoms with Crippen molar-refractivity contribution in [3.8, 4) is 0 Å². The summed E-state index contributed by atoms with van der Waals surface area (Å²) < 4.78 is 60.7. The summed E-state index contributed by atoms with van der Waals surface area (Å²) in [5.41, 5.74) is 0. The molecule has 0 aliphatic carbocycles. The fraction of sp³-hybridized carbons (Fsp3) is 1.00. The van der Waals surface area contributed by atoms with E-state index in [1.807, 2.05) is 0 Å². The molecule has 0 aromatic heterocycles. The van der Waals surface area contributed by atoms with Crippen molar-refractivity contribution < 1.29 is 134 Å². The van der Waals surface area contributed by atoms with Gasteiger partial charge in [0.2, 0.25) is 0 Å². The van der Waals surface area contributed by atoms with E-state index in [9.17, 15) is 81.7 Å². The third kappa shape index (κ3) is 9.87. The smallest absolute Gasteiger partial charge is 0.187 e. The van der Waals surface area contributed by atoms with E-state index in [0.29, 0.717) is 0 Å². The summed E-state index contributed by atoms with van der Waals surface area (Å²) in [6, 6.07) is 0. The molecule has 6 aliphatic heterocycles. The largest absolute Gasteiger partial charge is 0.394 e. The summed E-state index contributed by atoms with van der Waals surface area (Å²) in [6.45, 7) is -4.09.